The molecule has 1 aliphatic carbocycles. The fraction of sp³-hybridized carbons (Fsp3) is 1.00. The highest BCUT2D eigenvalue weighted by Crippen LogP contribution is 2.24. The molecule has 0 spiro atoms. The molecule has 0 saturated heterocycles. The first kappa shape index (κ1) is 7.98. The number of rotatable bonds is 4. The summed E-state index contributed by atoms with van der Waals surface area (Å²) in [6, 6.07) is 0.668. The van der Waals surface area contributed by atoms with Gasteiger partial charge < -0.3 is 15.1 Å². The van der Waals surface area contributed by atoms with Crippen molar-refractivity contribution in [3.8, 4) is 0 Å². The van der Waals surface area contributed by atoms with Crippen LogP contribution in [0.3, 0.4) is 0 Å². The number of aliphatic hydroxyl groups is 2. The minimum atomic E-state index is -0.564. The molecule has 1 saturated carbocycles. The number of hydrogen-bond acceptors (Lipinski definition) is 3. The molecule has 3 heteroatoms. The molecular formula is C7H15NO2. The van der Waals surface area contributed by atoms with Crippen LogP contribution in [-0.2, 0) is 0 Å². The maximum atomic E-state index is 9.01. The first-order valence-corrected chi connectivity index (χ1v) is 3.73. The van der Waals surface area contributed by atoms with Crippen LogP contribution in [-0.4, -0.2) is 47.5 Å². The molecule has 1 unspecified atom stereocenters. The first-order chi connectivity index (χ1) is 4.74. The molecule has 1 rings (SSSR count). The van der Waals surface area contributed by atoms with Gasteiger partial charge in [0.15, 0.2) is 0 Å². The van der Waals surface area contributed by atoms with Crippen molar-refractivity contribution in [3.05, 3.63) is 0 Å². The van der Waals surface area contributed by atoms with Gasteiger partial charge in [-0.15, -0.1) is 0 Å². The van der Waals surface area contributed by atoms with Crippen molar-refractivity contribution in [1.82, 2.24) is 4.90 Å². The van der Waals surface area contributed by atoms with Gasteiger partial charge in [0.1, 0.15) is 0 Å². The summed E-state index contributed by atoms with van der Waals surface area (Å²) >= 11 is 0. The van der Waals surface area contributed by atoms with Gasteiger partial charge in [-0.1, -0.05) is 0 Å². The number of likely N-dealkylation sites (N-methyl/N-ethyl adjacent to an activating group) is 1. The van der Waals surface area contributed by atoms with E-state index in [0.717, 1.165) is 0 Å². The van der Waals surface area contributed by atoms with Crippen LogP contribution < -0.4 is 0 Å². The Bertz CT molecular complexity index is 104. The average molecular weight is 145 g/mol. The quantitative estimate of drug-likeness (QED) is 0.557. The average Bonchev–Trinajstić information content (AvgIpc) is 2.68. The fourth-order valence-electron chi connectivity index (χ4n) is 1.05. The molecule has 0 aromatic rings. The maximum absolute atomic E-state index is 9.01. The van der Waals surface area contributed by atoms with Gasteiger partial charge in [0.05, 0.1) is 12.7 Å². The second kappa shape index (κ2) is 3.32. The monoisotopic (exact) mass is 145 g/mol. The van der Waals surface area contributed by atoms with Gasteiger partial charge in [0.25, 0.3) is 0 Å². The van der Waals surface area contributed by atoms with Gasteiger partial charge in [-0.05, 0) is 19.9 Å². The predicted molar refractivity (Wildman–Crippen MR) is 38.7 cm³/mol. The third kappa shape index (κ3) is 2.25. The van der Waals surface area contributed by atoms with Gasteiger partial charge in [-0.2, -0.15) is 0 Å². The summed E-state index contributed by atoms with van der Waals surface area (Å²) in [5.74, 6) is 0. The highest BCUT2D eigenvalue weighted by atomic mass is 16.3. The minimum Gasteiger partial charge on any atom is -0.394 e. The molecule has 3 nitrogen and oxygen atoms in total. The van der Waals surface area contributed by atoms with Crippen LogP contribution in [0.1, 0.15) is 12.8 Å². The van der Waals surface area contributed by atoms with E-state index in [9.17, 15) is 0 Å². The topological polar surface area (TPSA) is 43.7 Å². The summed E-state index contributed by atoms with van der Waals surface area (Å²) in [6.07, 6.45) is 1.93. The van der Waals surface area contributed by atoms with Crippen molar-refractivity contribution in [2.45, 2.75) is 25.0 Å². The van der Waals surface area contributed by atoms with Crippen molar-refractivity contribution in [1.29, 1.82) is 0 Å². The smallest absolute Gasteiger partial charge is 0.0897 e. The standard InChI is InChI=1S/C7H15NO2/c1-8(6-2-3-6)4-7(10)5-9/h6-7,9-10H,2-5H2,1H3. The van der Waals surface area contributed by atoms with Crippen LogP contribution in [0.4, 0.5) is 0 Å². The third-order valence-electron chi connectivity index (χ3n) is 1.88. The van der Waals surface area contributed by atoms with E-state index >= 15 is 0 Å². The summed E-state index contributed by atoms with van der Waals surface area (Å²) < 4.78 is 0. The van der Waals surface area contributed by atoms with Crippen molar-refractivity contribution >= 4 is 0 Å². The molecule has 0 amide bonds. The molecule has 0 aromatic carbocycles. The third-order valence-corrected chi connectivity index (χ3v) is 1.88. The Labute approximate surface area is 61.3 Å². The number of aliphatic hydroxyl groups excluding tert-OH is 2. The molecule has 1 fully saturated rings. The van der Waals surface area contributed by atoms with E-state index in [4.69, 9.17) is 10.2 Å². The molecule has 0 heterocycles. The summed E-state index contributed by atoms with van der Waals surface area (Å²) in [4.78, 5) is 2.10. The van der Waals surface area contributed by atoms with Crippen LogP contribution in [0.15, 0.2) is 0 Å². The van der Waals surface area contributed by atoms with Gasteiger partial charge >= 0.3 is 0 Å². The summed E-state index contributed by atoms with van der Waals surface area (Å²) in [6.45, 7) is 0.470. The van der Waals surface area contributed by atoms with E-state index < -0.39 is 6.10 Å². The number of nitrogens with zero attached hydrogens (tertiary/aromatic N) is 1. The Morgan fingerprint density at radius 3 is 2.60 bits per heavy atom. The predicted octanol–water partition coefficient (Wildman–Crippen LogP) is -0.566. The highest BCUT2D eigenvalue weighted by molar-refractivity contribution is 4.83. The van der Waals surface area contributed by atoms with E-state index in [2.05, 4.69) is 4.90 Å². The zero-order valence-electron chi connectivity index (χ0n) is 6.32. The molecule has 0 radical (unpaired) electrons. The molecule has 10 heavy (non-hydrogen) atoms. The fourth-order valence-corrected chi connectivity index (χ4v) is 1.05. The minimum absolute atomic E-state index is 0.128. The van der Waals surface area contributed by atoms with Crippen molar-refractivity contribution in [3.63, 3.8) is 0 Å². The van der Waals surface area contributed by atoms with Gasteiger partial charge in [0.2, 0.25) is 0 Å². The lowest BCUT2D eigenvalue weighted by atomic mass is 10.3. The Kier molecular flexibility index (Phi) is 2.65. The molecule has 1 aliphatic rings. The first-order valence-electron chi connectivity index (χ1n) is 3.73. The van der Waals surface area contributed by atoms with Crippen LogP contribution in [0, 0.1) is 0 Å². The zero-order chi connectivity index (χ0) is 7.56. The Morgan fingerprint density at radius 2 is 2.20 bits per heavy atom. The van der Waals surface area contributed by atoms with Crippen LogP contribution in [0.5, 0.6) is 0 Å². The van der Waals surface area contributed by atoms with Crippen molar-refractivity contribution in [2.75, 3.05) is 20.2 Å². The summed E-state index contributed by atoms with van der Waals surface area (Å²) in [5.41, 5.74) is 0. The van der Waals surface area contributed by atoms with Crippen molar-refractivity contribution in [2.24, 2.45) is 0 Å². The van der Waals surface area contributed by atoms with Gasteiger partial charge in [0, 0.05) is 12.6 Å². The molecule has 0 bridgehead atoms. The van der Waals surface area contributed by atoms with Gasteiger partial charge in [-0.25, -0.2) is 0 Å². The molecule has 2 N–H and O–H groups in total. The Balaban J connectivity index is 2.10. The van der Waals surface area contributed by atoms with Crippen LogP contribution >= 0.6 is 0 Å². The second-order valence-electron chi connectivity index (χ2n) is 3.01. The van der Waals surface area contributed by atoms with E-state index in [1.807, 2.05) is 7.05 Å². The largest absolute Gasteiger partial charge is 0.394 e. The van der Waals surface area contributed by atoms with E-state index in [0.29, 0.717) is 12.6 Å². The zero-order valence-corrected chi connectivity index (χ0v) is 6.32. The number of hydrogen-bond donors (Lipinski definition) is 2. The van der Waals surface area contributed by atoms with Crippen LogP contribution in [0.25, 0.3) is 0 Å². The lowest BCUT2D eigenvalue weighted by Crippen LogP contribution is -2.32. The van der Waals surface area contributed by atoms with Gasteiger partial charge in [-0.3, -0.25) is 0 Å². The lowest BCUT2D eigenvalue weighted by molar-refractivity contribution is 0.0646. The Hall–Kier alpha value is -0.120. The molecule has 1 atom stereocenters. The normalized spacial score (nSPS) is 21.6. The molecular weight excluding hydrogens is 130 g/mol. The Morgan fingerprint density at radius 1 is 1.60 bits per heavy atom. The van der Waals surface area contributed by atoms with Crippen LogP contribution in [0.2, 0.25) is 0 Å². The van der Waals surface area contributed by atoms with E-state index in [-0.39, 0.29) is 6.61 Å². The summed E-state index contributed by atoms with van der Waals surface area (Å²) in [7, 11) is 1.98. The summed E-state index contributed by atoms with van der Waals surface area (Å²) in [5, 5.41) is 17.5. The molecule has 0 aliphatic heterocycles. The van der Waals surface area contributed by atoms with Crippen molar-refractivity contribution < 1.29 is 10.2 Å². The molecule has 60 valence electrons. The SMILES string of the molecule is CN(CC(O)CO)C1CC1. The highest BCUT2D eigenvalue weighted by Gasteiger charge is 2.26. The van der Waals surface area contributed by atoms with E-state index in [1.165, 1.54) is 12.8 Å². The maximum Gasteiger partial charge on any atom is 0.0897 e. The second-order valence-corrected chi connectivity index (χ2v) is 3.01. The lowest BCUT2D eigenvalue weighted by Gasteiger charge is -2.17. The molecule has 0 aromatic heterocycles. The van der Waals surface area contributed by atoms with E-state index in [1.54, 1.807) is 0 Å².